The van der Waals surface area contributed by atoms with Gasteiger partial charge in [-0.15, -0.1) is 15.7 Å². The number of rotatable bonds is 7. The number of amides is 1. The van der Waals surface area contributed by atoms with Gasteiger partial charge in [-0.2, -0.15) is 8.42 Å². The molecule has 0 spiro atoms. The maximum atomic E-state index is 13.0. The van der Waals surface area contributed by atoms with Crippen molar-refractivity contribution < 1.29 is 18.0 Å². The predicted octanol–water partition coefficient (Wildman–Crippen LogP) is 4.10. The third-order valence-corrected chi connectivity index (χ3v) is 7.31. The molecule has 0 saturated heterocycles. The molecule has 0 bridgehead atoms. The van der Waals surface area contributed by atoms with Gasteiger partial charge in [0.1, 0.15) is 11.2 Å². The second kappa shape index (κ2) is 9.64. The van der Waals surface area contributed by atoms with Gasteiger partial charge in [0.15, 0.2) is 0 Å². The van der Waals surface area contributed by atoms with E-state index in [1.807, 2.05) is 31.2 Å². The summed E-state index contributed by atoms with van der Waals surface area (Å²) < 4.78 is 28.5. The molecular weight excluding hydrogens is 446 g/mol. The van der Waals surface area contributed by atoms with E-state index in [1.54, 1.807) is 38.2 Å². The smallest absolute Gasteiger partial charge is 0.287 e. The number of hydroxylamine groups is 2. The lowest BCUT2D eigenvalue weighted by Crippen LogP contribution is -2.25. The fourth-order valence-electron chi connectivity index (χ4n) is 3.06. The van der Waals surface area contributed by atoms with E-state index >= 15 is 0 Å². The van der Waals surface area contributed by atoms with Crippen molar-refractivity contribution in [2.45, 2.75) is 11.8 Å². The summed E-state index contributed by atoms with van der Waals surface area (Å²) in [4.78, 5) is 21.2. The van der Waals surface area contributed by atoms with Crippen LogP contribution in [-0.4, -0.2) is 58.9 Å². The van der Waals surface area contributed by atoms with Gasteiger partial charge < -0.3 is 4.90 Å². The van der Waals surface area contributed by atoms with Crippen LogP contribution in [0.25, 0.3) is 21.6 Å². The molecule has 0 atom stereocenters. The Morgan fingerprint density at radius 2 is 1.69 bits per heavy atom. The SMILES string of the molecule is CON(C)C(=O)c1sc(-c2cc[c]cc2)c(C)c1-c1ccc(S(=O)(=O)/N=C/N(C)C)cc1. The van der Waals surface area contributed by atoms with Crippen LogP contribution < -0.4 is 0 Å². The fraction of sp³-hybridized carbons (Fsp3) is 0.217. The average Bonchev–Trinajstić information content (AvgIpc) is 3.14. The quantitative estimate of drug-likeness (QED) is 0.295. The van der Waals surface area contributed by atoms with Crippen molar-refractivity contribution in [3.8, 4) is 21.6 Å². The molecule has 0 aliphatic carbocycles. The molecular formula is C23H24N3O4S2. The van der Waals surface area contributed by atoms with E-state index in [4.69, 9.17) is 4.84 Å². The average molecular weight is 471 g/mol. The van der Waals surface area contributed by atoms with Crippen LogP contribution in [0.4, 0.5) is 0 Å². The number of thiophene rings is 1. The summed E-state index contributed by atoms with van der Waals surface area (Å²) >= 11 is 1.37. The molecule has 3 rings (SSSR count). The van der Waals surface area contributed by atoms with Gasteiger partial charge in [-0.05, 0) is 41.8 Å². The largest absolute Gasteiger partial charge is 0.368 e. The third-order valence-electron chi connectivity index (χ3n) is 4.74. The zero-order valence-corrected chi connectivity index (χ0v) is 20.1. The molecule has 167 valence electrons. The van der Waals surface area contributed by atoms with Crippen LogP contribution in [0, 0.1) is 13.0 Å². The maximum absolute atomic E-state index is 13.0. The first-order valence-corrected chi connectivity index (χ1v) is 11.9. The van der Waals surface area contributed by atoms with E-state index < -0.39 is 10.0 Å². The molecule has 1 amide bonds. The first kappa shape index (κ1) is 23.6. The highest BCUT2D eigenvalue weighted by Gasteiger charge is 2.25. The van der Waals surface area contributed by atoms with Gasteiger partial charge in [0, 0.05) is 31.6 Å². The van der Waals surface area contributed by atoms with Crippen molar-refractivity contribution in [3.05, 3.63) is 65.0 Å². The summed E-state index contributed by atoms with van der Waals surface area (Å²) in [6.45, 7) is 1.95. The highest BCUT2D eigenvalue weighted by molar-refractivity contribution is 7.90. The van der Waals surface area contributed by atoms with Crippen molar-refractivity contribution in [3.63, 3.8) is 0 Å². The van der Waals surface area contributed by atoms with Crippen molar-refractivity contribution in [1.29, 1.82) is 0 Å². The summed E-state index contributed by atoms with van der Waals surface area (Å²) in [5, 5.41) is 1.17. The predicted molar refractivity (Wildman–Crippen MR) is 127 cm³/mol. The molecule has 0 unspecified atom stereocenters. The maximum Gasteiger partial charge on any atom is 0.287 e. The summed E-state index contributed by atoms with van der Waals surface area (Å²) in [5.41, 5.74) is 3.38. The van der Waals surface area contributed by atoms with E-state index in [-0.39, 0.29) is 10.8 Å². The number of nitrogens with zero attached hydrogens (tertiary/aromatic N) is 3. The van der Waals surface area contributed by atoms with E-state index in [9.17, 15) is 13.2 Å². The van der Waals surface area contributed by atoms with Gasteiger partial charge in [-0.1, -0.05) is 36.4 Å². The van der Waals surface area contributed by atoms with Gasteiger partial charge >= 0.3 is 0 Å². The van der Waals surface area contributed by atoms with Crippen LogP contribution in [0.5, 0.6) is 0 Å². The second-order valence-corrected chi connectivity index (χ2v) is 9.87. The minimum atomic E-state index is -3.81. The van der Waals surface area contributed by atoms with Gasteiger partial charge in [0.05, 0.1) is 12.0 Å². The van der Waals surface area contributed by atoms with Gasteiger partial charge in [-0.3, -0.25) is 9.63 Å². The number of hydrogen-bond acceptors (Lipinski definition) is 5. The summed E-state index contributed by atoms with van der Waals surface area (Å²) in [7, 11) is 2.56. The van der Waals surface area contributed by atoms with Crippen LogP contribution in [0.2, 0.25) is 0 Å². The molecule has 0 fully saturated rings. The van der Waals surface area contributed by atoms with Crippen molar-refractivity contribution in [2.24, 2.45) is 4.40 Å². The lowest BCUT2D eigenvalue weighted by molar-refractivity contribution is -0.0753. The van der Waals surface area contributed by atoms with E-state index in [1.165, 1.54) is 42.0 Å². The zero-order chi connectivity index (χ0) is 23.5. The third kappa shape index (κ3) is 4.90. The molecule has 3 aromatic rings. The molecule has 7 nitrogen and oxygen atoms in total. The molecule has 0 N–H and O–H groups in total. The highest BCUT2D eigenvalue weighted by Crippen LogP contribution is 2.42. The highest BCUT2D eigenvalue weighted by atomic mass is 32.2. The lowest BCUT2D eigenvalue weighted by Gasteiger charge is -2.14. The number of carbonyl (C=O) groups excluding carboxylic acids is 1. The first-order valence-electron chi connectivity index (χ1n) is 9.65. The topological polar surface area (TPSA) is 79.3 Å². The summed E-state index contributed by atoms with van der Waals surface area (Å²) in [6.07, 6.45) is 1.24. The van der Waals surface area contributed by atoms with Crippen LogP contribution in [0.15, 0.2) is 57.8 Å². The molecule has 0 saturated carbocycles. The minimum Gasteiger partial charge on any atom is -0.368 e. The molecule has 0 aliphatic heterocycles. The minimum absolute atomic E-state index is 0.0768. The number of hydrogen-bond donors (Lipinski definition) is 0. The number of benzene rings is 2. The fourth-order valence-corrected chi connectivity index (χ4v) is 5.28. The Kier molecular flexibility index (Phi) is 7.12. The van der Waals surface area contributed by atoms with Crippen molar-refractivity contribution >= 4 is 33.6 Å². The summed E-state index contributed by atoms with van der Waals surface area (Å²) in [6, 6.07) is 16.9. The van der Waals surface area contributed by atoms with E-state index in [0.717, 1.165) is 27.1 Å². The van der Waals surface area contributed by atoms with E-state index in [2.05, 4.69) is 10.5 Å². The van der Waals surface area contributed by atoms with E-state index in [0.29, 0.717) is 4.88 Å². The Morgan fingerprint density at radius 1 is 1.06 bits per heavy atom. The van der Waals surface area contributed by atoms with Crippen molar-refractivity contribution in [1.82, 2.24) is 9.96 Å². The molecule has 1 radical (unpaired) electrons. The van der Waals surface area contributed by atoms with Crippen molar-refractivity contribution in [2.75, 3.05) is 28.3 Å². The Labute approximate surface area is 192 Å². The second-order valence-electron chi connectivity index (χ2n) is 7.22. The van der Waals surface area contributed by atoms with Gasteiger partial charge in [0.25, 0.3) is 15.9 Å². The molecule has 0 aliphatic rings. The Morgan fingerprint density at radius 3 is 2.25 bits per heavy atom. The Balaban J connectivity index is 2.12. The monoisotopic (exact) mass is 470 g/mol. The van der Waals surface area contributed by atoms with Gasteiger partial charge in [0.2, 0.25) is 0 Å². The first-order chi connectivity index (χ1) is 15.2. The standard InChI is InChI=1S/C23H24N3O4S2/c1-16-20(17-11-13-19(14-12-17)32(28,29)24-15-25(2)3)22(23(27)26(4)30-5)31-21(16)18-9-7-6-8-10-18/h7-15H,1-5H3/b24-15+. The molecule has 1 aromatic heterocycles. The van der Waals surface area contributed by atoms with Crippen LogP contribution in [0.3, 0.4) is 0 Å². The van der Waals surface area contributed by atoms with Crippen LogP contribution in [-0.2, 0) is 14.9 Å². The number of sulfonamides is 1. The normalized spacial score (nSPS) is 11.7. The molecule has 32 heavy (non-hydrogen) atoms. The molecule has 2 aromatic carbocycles. The zero-order valence-electron chi connectivity index (χ0n) is 18.5. The molecule has 1 heterocycles. The lowest BCUT2D eigenvalue weighted by atomic mass is 9.99. The summed E-state index contributed by atoms with van der Waals surface area (Å²) in [5.74, 6) is -0.281. The molecule has 9 heteroatoms. The van der Waals surface area contributed by atoms with Crippen LogP contribution in [0.1, 0.15) is 15.2 Å². The van der Waals surface area contributed by atoms with Crippen LogP contribution >= 0.6 is 11.3 Å². The van der Waals surface area contributed by atoms with Gasteiger partial charge in [-0.25, -0.2) is 5.06 Å². The Hall–Kier alpha value is -3.01. The Bertz CT molecular complexity index is 1230. The number of carbonyl (C=O) groups is 1.